The van der Waals surface area contributed by atoms with Gasteiger partial charge in [0, 0.05) is 23.5 Å². The van der Waals surface area contributed by atoms with Crippen LogP contribution in [0.2, 0.25) is 0 Å². The predicted octanol–water partition coefficient (Wildman–Crippen LogP) is 2.05. The third-order valence-corrected chi connectivity index (χ3v) is 6.46. The molecule has 0 atom stereocenters. The minimum atomic E-state index is -3.51. The lowest BCUT2D eigenvalue weighted by atomic mass is 9.80. The zero-order chi connectivity index (χ0) is 16.2. The monoisotopic (exact) mass is 390 g/mol. The van der Waals surface area contributed by atoms with E-state index in [2.05, 4.69) is 26.0 Å². The van der Waals surface area contributed by atoms with Crippen molar-refractivity contribution in [1.29, 1.82) is 0 Å². The maximum absolute atomic E-state index is 12.5. The standard InChI is InChI=1S/C15H23BrN2O3S/c1-12-3-4-13(9-14(12)16)22(19,20)18-10-15(11-21-2)5-7-17-8-6-15/h3-4,9,17-18H,5-8,10-11H2,1-2H3. The van der Waals surface area contributed by atoms with Crippen LogP contribution in [0.3, 0.4) is 0 Å². The van der Waals surface area contributed by atoms with E-state index in [1.807, 2.05) is 6.92 Å². The van der Waals surface area contributed by atoms with Gasteiger partial charge in [-0.05, 0) is 50.6 Å². The molecule has 0 saturated carbocycles. The summed E-state index contributed by atoms with van der Waals surface area (Å²) in [5.74, 6) is 0. The second kappa shape index (κ2) is 7.40. The SMILES string of the molecule is COCC1(CNS(=O)(=O)c2ccc(C)c(Br)c2)CCNCC1. The molecule has 0 bridgehead atoms. The molecule has 0 amide bonds. The van der Waals surface area contributed by atoms with E-state index in [-0.39, 0.29) is 10.3 Å². The van der Waals surface area contributed by atoms with Crippen molar-refractivity contribution in [3.63, 3.8) is 0 Å². The topological polar surface area (TPSA) is 67.4 Å². The van der Waals surface area contributed by atoms with Crippen LogP contribution in [0.5, 0.6) is 0 Å². The highest BCUT2D eigenvalue weighted by Gasteiger charge is 2.33. The first kappa shape index (κ1) is 17.9. The molecule has 0 radical (unpaired) electrons. The third kappa shape index (κ3) is 4.29. The molecule has 1 aliphatic heterocycles. The van der Waals surface area contributed by atoms with E-state index in [1.54, 1.807) is 25.3 Å². The summed E-state index contributed by atoms with van der Waals surface area (Å²) < 4.78 is 33.9. The maximum Gasteiger partial charge on any atom is 0.240 e. The van der Waals surface area contributed by atoms with Crippen molar-refractivity contribution < 1.29 is 13.2 Å². The highest BCUT2D eigenvalue weighted by atomic mass is 79.9. The van der Waals surface area contributed by atoms with Gasteiger partial charge in [-0.2, -0.15) is 0 Å². The lowest BCUT2D eigenvalue weighted by molar-refractivity contribution is 0.0577. The van der Waals surface area contributed by atoms with Gasteiger partial charge in [-0.1, -0.05) is 22.0 Å². The lowest BCUT2D eigenvalue weighted by Crippen LogP contribution is -2.47. The van der Waals surface area contributed by atoms with Gasteiger partial charge in [0.1, 0.15) is 0 Å². The van der Waals surface area contributed by atoms with Crippen LogP contribution in [-0.4, -0.2) is 41.8 Å². The first-order chi connectivity index (χ1) is 10.4. The fraction of sp³-hybridized carbons (Fsp3) is 0.600. The van der Waals surface area contributed by atoms with Crippen LogP contribution >= 0.6 is 15.9 Å². The number of benzene rings is 1. The van der Waals surface area contributed by atoms with Crippen LogP contribution in [0, 0.1) is 12.3 Å². The number of rotatable bonds is 6. The Balaban J connectivity index is 2.12. The summed E-state index contributed by atoms with van der Waals surface area (Å²) in [6.45, 7) is 4.67. The second-order valence-electron chi connectivity index (χ2n) is 5.92. The molecular formula is C15H23BrN2O3S. The number of halogens is 1. The molecule has 5 nitrogen and oxygen atoms in total. The summed E-state index contributed by atoms with van der Waals surface area (Å²) in [6, 6.07) is 5.07. The van der Waals surface area contributed by atoms with E-state index in [9.17, 15) is 8.42 Å². The molecule has 1 aromatic rings. The van der Waals surface area contributed by atoms with Crippen LogP contribution < -0.4 is 10.0 Å². The maximum atomic E-state index is 12.5. The molecule has 22 heavy (non-hydrogen) atoms. The number of sulfonamides is 1. The van der Waals surface area contributed by atoms with Gasteiger partial charge in [-0.15, -0.1) is 0 Å². The molecule has 1 fully saturated rings. The second-order valence-corrected chi connectivity index (χ2v) is 8.54. The quantitative estimate of drug-likeness (QED) is 0.779. The van der Waals surface area contributed by atoms with Crippen LogP contribution in [0.4, 0.5) is 0 Å². The molecule has 2 N–H and O–H groups in total. The number of ether oxygens (including phenoxy) is 1. The lowest BCUT2D eigenvalue weighted by Gasteiger charge is -2.37. The Hall–Kier alpha value is -0.470. The Morgan fingerprint density at radius 2 is 2.05 bits per heavy atom. The first-order valence-corrected chi connectivity index (χ1v) is 9.62. The molecule has 0 spiro atoms. The number of nitrogens with one attached hydrogen (secondary N) is 2. The zero-order valence-corrected chi connectivity index (χ0v) is 15.4. The molecule has 0 aromatic heterocycles. The average Bonchev–Trinajstić information content (AvgIpc) is 2.49. The molecular weight excluding hydrogens is 368 g/mol. The Kier molecular flexibility index (Phi) is 6.01. The summed E-state index contributed by atoms with van der Waals surface area (Å²) in [7, 11) is -1.85. The molecule has 1 saturated heterocycles. The summed E-state index contributed by atoms with van der Waals surface area (Å²) in [5.41, 5.74) is 0.878. The van der Waals surface area contributed by atoms with Gasteiger partial charge in [0.05, 0.1) is 11.5 Å². The van der Waals surface area contributed by atoms with Gasteiger partial charge in [-0.3, -0.25) is 0 Å². The van der Waals surface area contributed by atoms with Gasteiger partial charge in [0.15, 0.2) is 0 Å². The summed E-state index contributed by atoms with van der Waals surface area (Å²) in [6.07, 6.45) is 1.81. The van der Waals surface area contributed by atoms with Gasteiger partial charge < -0.3 is 10.1 Å². The minimum absolute atomic E-state index is 0.130. The van der Waals surface area contributed by atoms with Crippen LogP contribution in [0.25, 0.3) is 0 Å². The molecule has 124 valence electrons. The third-order valence-electron chi connectivity index (χ3n) is 4.21. The number of methoxy groups -OCH3 is 1. The Morgan fingerprint density at radius 3 is 2.64 bits per heavy atom. The molecule has 1 aliphatic rings. The van der Waals surface area contributed by atoms with Crippen molar-refractivity contribution in [2.45, 2.75) is 24.7 Å². The number of aryl methyl sites for hydroxylation is 1. The predicted molar refractivity (Wildman–Crippen MR) is 90.5 cm³/mol. The minimum Gasteiger partial charge on any atom is -0.384 e. The van der Waals surface area contributed by atoms with E-state index in [4.69, 9.17) is 4.74 Å². The van der Waals surface area contributed by atoms with Crippen LogP contribution in [0.15, 0.2) is 27.6 Å². The van der Waals surface area contributed by atoms with E-state index in [0.717, 1.165) is 36.0 Å². The van der Waals surface area contributed by atoms with Gasteiger partial charge in [-0.25, -0.2) is 13.1 Å². The molecule has 7 heteroatoms. The van der Waals surface area contributed by atoms with Crippen LogP contribution in [0.1, 0.15) is 18.4 Å². The molecule has 1 aromatic carbocycles. The number of hydrogen-bond acceptors (Lipinski definition) is 4. The summed E-state index contributed by atoms with van der Waals surface area (Å²) in [4.78, 5) is 0.284. The van der Waals surface area contributed by atoms with Crippen molar-refractivity contribution in [3.8, 4) is 0 Å². The van der Waals surface area contributed by atoms with E-state index in [0.29, 0.717) is 13.2 Å². The Bertz CT molecular complexity index is 608. The highest BCUT2D eigenvalue weighted by molar-refractivity contribution is 9.10. The normalized spacial score (nSPS) is 18.3. The van der Waals surface area contributed by atoms with Crippen molar-refractivity contribution >= 4 is 26.0 Å². The fourth-order valence-corrected chi connectivity index (χ4v) is 4.42. The van der Waals surface area contributed by atoms with Gasteiger partial charge >= 0.3 is 0 Å². The molecule has 2 rings (SSSR count). The average molecular weight is 391 g/mol. The summed E-state index contributed by atoms with van der Waals surface area (Å²) >= 11 is 3.38. The zero-order valence-electron chi connectivity index (χ0n) is 13.0. The van der Waals surface area contributed by atoms with E-state index in [1.165, 1.54) is 0 Å². The van der Waals surface area contributed by atoms with Crippen molar-refractivity contribution in [3.05, 3.63) is 28.2 Å². The number of piperidine rings is 1. The van der Waals surface area contributed by atoms with Gasteiger partial charge in [0.25, 0.3) is 0 Å². The van der Waals surface area contributed by atoms with Gasteiger partial charge in [0.2, 0.25) is 10.0 Å². The van der Waals surface area contributed by atoms with Crippen LogP contribution in [-0.2, 0) is 14.8 Å². The van der Waals surface area contributed by atoms with Crippen molar-refractivity contribution in [2.24, 2.45) is 5.41 Å². The summed E-state index contributed by atoms with van der Waals surface area (Å²) in [5, 5.41) is 3.30. The van der Waals surface area contributed by atoms with Crippen molar-refractivity contribution in [1.82, 2.24) is 10.0 Å². The Labute approximate surface area is 141 Å². The Morgan fingerprint density at radius 1 is 1.36 bits per heavy atom. The highest BCUT2D eigenvalue weighted by Crippen LogP contribution is 2.29. The molecule has 1 heterocycles. The van der Waals surface area contributed by atoms with Crippen molar-refractivity contribution in [2.75, 3.05) is 33.4 Å². The molecule has 0 unspecified atom stereocenters. The molecule has 0 aliphatic carbocycles. The smallest absolute Gasteiger partial charge is 0.240 e. The largest absolute Gasteiger partial charge is 0.384 e. The van der Waals surface area contributed by atoms with E-state index >= 15 is 0 Å². The first-order valence-electron chi connectivity index (χ1n) is 7.34. The van der Waals surface area contributed by atoms with E-state index < -0.39 is 10.0 Å². The number of hydrogen-bond donors (Lipinski definition) is 2. The fourth-order valence-electron chi connectivity index (χ4n) is 2.71.